The van der Waals surface area contributed by atoms with Gasteiger partial charge >= 0.3 is 0 Å². The number of pyridine rings is 1. The Morgan fingerprint density at radius 1 is 1.33 bits per heavy atom. The van der Waals surface area contributed by atoms with Gasteiger partial charge in [-0.1, -0.05) is 12.1 Å². The number of amides is 1. The third-order valence-corrected chi connectivity index (χ3v) is 3.01. The molecule has 92 valence electrons. The van der Waals surface area contributed by atoms with Crippen LogP contribution in [0, 0.1) is 6.92 Å². The number of aryl methyl sites for hydroxylation is 1. The number of rotatable bonds is 3. The van der Waals surface area contributed by atoms with Gasteiger partial charge in [0.1, 0.15) is 0 Å². The predicted octanol–water partition coefficient (Wildman–Crippen LogP) is 2.89. The number of hydrogen-bond donors (Lipinski definition) is 1. The van der Waals surface area contributed by atoms with Gasteiger partial charge in [0.05, 0.1) is 17.3 Å². The van der Waals surface area contributed by atoms with Crippen LogP contribution in [-0.2, 0) is 5.88 Å². The van der Waals surface area contributed by atoms with E-state index >= 15 is 0 Å². The van der Waals surface area contributed by atoms with Crippen molar-refractivity contribution in [3.8, 4) is 11.3 Å². The van der Waals surface area contributed by atoms with Crippen LogP contribution in [-0.4, -0.2) is 10.9 Å². The summed E-state index contributed by atoms with van der Waals surface area (Å²) >= 11 is 5.76. The minimum absolute atomic E-state index is 0.381. The number of nitrogens with zero attached hydrogens (tertiary/aromatic N) is 1. The molecule has 1 aromatic heterocycles. The lowest BCUT2D eigenvalue weighted by Crippen LogP contribution is -2.12. The van der Waals surface area contributed by atoms with Crippen molar-refractivity contribution in [3.63, 3.8) is 0 Å². The van der Waals surface area contributed by atoms with Crippen molar-refractivity contribution < 1.29 is 4.79 Å². The van der Waals surface area contributed by atoms with Crippen LogP contribution in [0.4, 0.5) is 0 Å². The van der Waals surface area contributed by atoms with E-state index in [1.54, 1.807) is 6.07 Å². The SMILES string of the molecule is Cc1cc(-c2cccc(CCl)n2)ccc1C(N)=O. The van der Waals surface area contributed by atoms with Crippen molar-refractivity contribution >= 4 is 17.5 Å². The van der Waals surface area contributed by atoms with Crippen LogP contribution >= 0.6 is 11.6 Å². The summed E-state index contributed by atoms with van der Waals surface area (Å²) in [6.07, 6.45) is 0. The molecule has 0 fully saturated rings. The number of aromatic nitrogens is 1. The molecule has 0 atom stereocenters. The van der Waals surface area contributed by atoms with Crippen LogP contribution in [0.5, 0.6) is 0 Å². The predicted molar refractivity (Wildman–Crippen MR) is 72.5 cm³/mol. The summed E-state index contributed by atoms with van der Waals surface area (Å²) in [7, 11) is 0. The summed E-state index contributed by atoms with van der Waals surface area (Å²) in [6, 6.07) is 11.2. The molecule has 0 aliphatic carbocycles. The van der Waals surface area contributed by atoms with Crippen molar-refractivity contribution in [2.45, 2.75) is 12.8 Å². The van der Waals surface area contributed by atoms with E-state index in [2.05, 4.69) is 4.98 Å². The first-order chi connectivity index (χ1) is 8.61. The van der Waals surface area contributed by atoms with Gasteiger partial charge in [-0.15, -0.1) is 11.6 Å². The van der Waals surface area contributed by atoms with E-state index in [0.29, 0.717) is 11.4 Å². The fourth-order valence-corrected chi connectivity index (χ4v) is 1.96. The van der Waals surface area contributed by atoms with E-state index < -0.39 is 5.91 Å². The first-order valence-corrected chi connectivity index (χ1v) is 6.08. The highest BCUT2D eigenvalue weighted by Crippen LogP contribution is 2.21. The van der Waals surface area contributed by atoms with E-state index in [9.17, 15) is 4.79 Å². The molecule has 3 nitrogen and oxygen atoms in total. The molecule has 2 rings (SSSR count). The Labute approximate surface area is 111 Å². The Balaban J connectivity index is 2.45. The Morgan fingerprint density at radius 3 is 2.72 bits per heavy atom. The lowest BCUT2D eigenvalue weighted by Gasteiger charge is -2.06. The number of nitrogens with two attached hydrogens (primary N) is 1. The zero-order valence-electron chi connectivity index (χ0n) is 9.98. The molecule has 0 aliphatic rings. The Morgan fingerprint density at radius 2 is 2.11 bits per heavy atom. The van der Waals surface area contributed by atoms with E-state index in [4.69, 9.17) is 17.3 Å². The molecular formula is C14H13ClN2O. The van der Waals surface area contributed by atoms with Gasteiger partial charge < -0.3 is 5.73 Å². The Hall–Kier alpha value is -1.87. The maximum atomic E-state index is 11.2. The highest BCUT2D eigenvalue weighted by molar-refractivity contribution is 6.16. The maximum Gasteiger partial charge on any atom is 0.248 e. The average Bonchev–Trinajstić information content (AvgIpc) is 2.38. The minimum Gasteiger partial charge on any atom is -0.366 e. The summed E-state index contributed by atoms with van der Waals surface area (Å²) in [4.78, 5) is 15.6. The minimum atomic E-state index is -0.415. The number of primary amides is 1. The van der Waals surface area contributed by atoms with Gasteiger partial charge in [-0.2, -0.15) is 0 Å². The summed E-state index contributed by atoms with van der Waals surface area (Å²) in [5, 5.41) is 0. The van der Waals surface area contributed by atoms with Crippen LogP contribution in [0.3, 0.4) is 0 Å². The van der Waals surface area contributed by atoms with Crippen LogP contribution in [0.2, 0.25) is 0 Å². The number of carbonyl (C=O) groups excluding carboxylic acids is 1. The molecule has 2 aromatic rings. The second-order valence-corrected chi connectivity index (χ2v) is 4.31. The highest BCUT2D eigenvalue weighted by Gasteiger charge is 2.07. The first kappa shape index (κ1) is 12.6. The standard InChI is InChI=1S/C14H13ClN2O/c1-9-7-10(5-6-12(9)14(16)18)13-4-2-3-11(8-15)17-13/h2-7H,8H2,1H3,(H2,16,18). The second kappa shape index (κ2) is 5.19. The quantitative estimate of drug-likeness (QED) is 0.863. The van der Waals surface area contributed by atoms with E-state index in [-0.39, 0.29) is 0 Å². The molecule has 2 N–H and O–H groups in total. The van der Waals surface area contributed by atoms with Crippen molar-refractivity contribution in [2.75, 3.05) is 0 Å². The third kappa shape index (κ3) is 2.51. The number of halogens is 1. The van der Waals surface area contributed by atoms with Crippen molar-refractivity contribution in [1.82, 2.24) is 4.98 Å². The van der Waals surface area contributed by atoms with Crippen LogP contribution < -0.4 is 5.73 Å². The number of hydrogen-bond acceptors (Lipinski definition) is 2. The molecule has 0 aliphatic heterocycles. The summed E-state index contributed by atoms with van der Waals surface area (Å²) in [6.45, 7) is 1.86. The average molecular weight is 261 g/mol. The first-order valence-electron chi connectivity index (χ1n) is 5.54. The van der Waals surface area contributed by atoms with Crippen LogP contribution in [0.15, 0.2) is 36.4 Å². The van der Waals surface area contributed by atoms with Gasteiger partial charge in [-0.05, 0) is 36.8 Å². The molecule has 0 bridgehead atoms. The monoisotopic (exact) mass is 260 g/mol. The zero-order valence-corrected chi connectivity index (χ0v) is 10.7. The lowest BCUT2D eigenvalue weighted by atomic mass is 10.0. The zero-order chi connectivity index (χ0) is 13.1. The smallest absolute Gasteiger partial charge is 0.248 e. The number of alkyl halides is 1. The van der Waals surface area contributed by atoms with Crippen molar-refractivity contribution in [1.29, 1.82) is 0 Å². The molecule has 1 amide bonds. The normalized spacial score (nSPS) is 10.3. The summed E-state index contributed by atoms with van der Waals surface area (Å²) < 4.78 is 0. The van der Waals surface area contributed by atoms with E-state index in [0.717, 1.165) is 22.5 Å². The highest BCUT2D eigenvalue weighted by atomic mass is 35.5. The molecular weight excluding hydrogens is 248 g/mol. The van der Waals surface area contributed by atoms with Gasteiger partial charge in [-0.3, -0.25) is 9.78 Å². The molecule has 18 heavy (non-hydrogen) atoms. The Kier molecular flexibility index (Phi) is 3.63. The van der Waals surface area contributed by atoms with Crippen LogP contribution in [0.1, 0.15) is 21.6 Å². The van der Waals surface area contributed by atoms with Crippen molar-refractivity contribution in [2.24, 2.45) is 5.73 Å². The molecule has 4 heteroatoms. The lowest BCUT2D eigenvalue weighted by molar-refractivity contribution is 0.1000. The maximum absolute atomic E-state index is 11.2. The molecule has 0 radical (unpaired) electrons. The summed E-state index contributed by atoms with van der Waals surface area (Å²) in [5.41, 5.74) is 9.27. The van der Waals surface area contributed by atoms with Gasteiger partial charge in [0.15, 0.2) is 0 Å². The molecule has 0 saturated carbocycles. The summed E-state index contributed by atoms with van der Waals surface area (Å²) in [5.74, 6) is -0.0341. The van der Waals surface area contributed by atoms with E-state index in [1.165, 1.54) is 0 Å². The van der Waals surface area contributed by atoms with Gasteiger partial charge in [-0.25, -0.2) is 0 Å². The molecule has 0 unspecified atom stereocenters. The molecule has 1 heterocycles. The Bertz CT molecular complexity index is 596. The topological polar surface area (TPSA) is 56.0 Å². The van der Waals surface area contributed by atoms with Gasteiger partial charge in [0, 0.05) is 11.1 Å². The second-order valence-electron chi connectivity index (χ2n) is 4.04. The van der Waals surface area contributed by atoms with Crippen LogP contribution in [0.25, 0.3) is 11.3 Å². The fourth-order valence-electron chi connectivity index (χ4n) is 1.81. The van der Waals surface area contributed by atoms with Gasteiger partial charge in [0.25, 0.3) is 0 Å². The van der Waals surface area contributed by atoms with Gasteiger partial charge in [0.2, 0.25) is 5.91 Å². The fraction of sp³-hybridized carbons (Fsp3) is 0.143. The van der Waals surface area contributed by atoms with E-state index in [1.807, 2.05) is 37.3 Å². The largest absolute Gasteiger partial charge is 0.366 e. The number of benzene rings is 1. The molecule has 0 saturated heterocycles. The number of carbonyl (C=O) groups is 1. The van der Waals surface area contributed by atoms with Crippen molar-refractivity contribution in [3.05, 3.63) is 53.2 Å². The third-order valence-electron chi connectivity index (χ3n) is 2.73. The molecule has 0 spiro atoms. The molecule has 1 aromatic carbocycles.